The van der Waals surface area contributed by atoms with Crippen molar-refractivity contribution in [3.8, 4) is 0 Å². The highest BCUT2D eigenvalue weighted by Crippen LogP contribution is 2.16. The van der Waals surface area contributed by atoms with Gasteiger partial charge in [-0.2, -0.15) is 0 Å². The highest BCUT2D eigenvalue weighted by molar-refractivity contribution is 7.99. The van der Waals surface area contributed by atoms with Crippen LogP contribution >= 0.6 is 23.1 Å². The van der Waals surface area contributed by atoms with Gasteiger partial charge in [-0.15, -0.1) is 23.1 Å². The van der Waals surface area contributed by atoms with Gasteiger partial charge in [0.2, 0.25) is 5.91 Å². The van der Waals surface area contributed by atoms with Gasteiger partial charge >= 0.3 is 0 Å². The Labute approximate surface area is 127 Å². The standard InChI is InChI=1S/C15H17NO2S2/c17-9-13-4-1-3-12(7-13)8-16-15(18)11-19-10-14-5-2-6-20-14/h1-7,17H,8-11H2,(H,16,18). The molecule has 0 aliphatic rings. The maximum Gasteiger partial charge on any atom is 0.230 e. The van der Waals surface area contributed by atoms with Crippen LogP contribution in [0.3, 0.4) is 0 Å². The lowest BCUT2D eigenvalue weighted by atomic mass is 10.1. The topological polar surface area (TPSA) is 49.3 Å². The van der Waals surface area contributed by atoms with E-state index in [4.69, 9.17) is 5.11 Å². The Morgan fingerprint density at radius 1 is 1.25 bits per heavy atom. The molecule has 20 heavy (non-hydrogen) atoms. The molecule has 3 nitrogen and oxygen atoms in total. The monoisotopic (exact) mass is 307 g/mol. The minimum absolute atomic E-state index is 0.0262. The zero-order valence-corrected chi connectivity index (χ0v) is 12.7. The number of benzene rings is 1. The third-order valence-electron chi connectivity index (χ3n) is 2.72. The summed E-state index contributed by atoms with van der Waals surface area (Å²) in [5.74, 6) is 1.39. The van der Waals surface area contributed by atoms with Gasteiger partial charge in [0.15, 0.2) is 0 Å². The summed E-state index contributed by atoms with van der Waals surface area (Å²) in [7, 11) is 0. The van der Waals surface area contributed by atoms with Crippen LogP contribution in [0.5, 0.6) is 0 Å². The number of aliphatic hydroxyl groups excluding tert-OH is 1. The number of hydrogen-bond donors (Lipinski definition) is 2. The number of amides is 1. The first-order valence-electron chi connectivity index (χ1n) is 6.33. The minimum atomic E-state index is 0.0262. The maximum absolute atomic E-state index is 11.7. The van der Waals surface area contributed by atoms with E-state index in [0.29, 0.717) is 12.3 Å². The first-order valence-corrected chi connectivity index (χ1v) is 8.37. The summed E-state index contributed by atoms with van der Waals surface area (Å²) in [6.45, 7) is 0.532. The van der Waals surface area contributed by atoms with Crippen molar-refractivity contribution in [3.63, 3.8) is 0 Å². The van der Waals surface area contributed by atoms with E-state index in [1.54, 1.807) is 23.1 Å². The van der Waals surface area contributed by atoms with Gasteiger partial charge in [0, 0.05) is 17.2 Å². The number of rotatable bonds is 7. The Morgan fingerprint density at radius 2 is 2.10 bits per heavy atom. The average Bonchev–Trinajstić information content (AvgIpc) is 2.98. The molecule has 1 amide bonds. The summed E-state index contributed by atoms with van der Waals surface area (Å²) >= 11 is 3.33. The molecule has 1 aromatic carbocycles. The van der Waals surface area contributed by atoms with Crippen molar-refractivity contribution in [2.75, 3.05) is 5.75 Å². The van der Waals surface area contributed by atoms with E-state index in [1.165, 1.54) is 4.88 Å². The maximum atomic E-state index is 11.7. The normalized spacial score (nSPS) is 10.4. The predicted octanol–water partition coefficient (Wildman–Crippen LogP) is 2.79. The summed E-state index contributed by atoms with van der Waals surface area (Å²) in [6.07, 6.45) is 0. The molecule has 0 spiro atoms. The van der Waals surface area contributed by atoms with E-state index in [9.17, 15) is 4.79 Å². The van der Waals surface area contributed by atoms with Gasteiger partial charge in [-0.3, -0.25) is 4.79 Å². The van der Waals surface area contributed by atoms with Crippen molar-refractivity contribution in [1.82, 2.24) is 5.32 Å². The molecule has 2 rings (SSSR count). The summed E-state index contributed by atoms with van der Waals surface area (Å²) in [5.41, 5.74) is 1.87. The Bertz CT molecular complexity index is 541. The van der Waals surface area contributed by atoms with Crippen LogP contribution < -0.4 is 5.32 Å². The molecule has 0 saturated heterocycles. The molecule has 0 aliphatic heterocycles. The number of thiophene rings is 1. The van der Waals surface area contributed by atoms with Gasteiger partial charge in [0.05, 0.1) is 12.4 Å². The lowest BCUT2D eigenvalue weighted by molar-refractivity contribution is -0.118. The highest BCUT2D eigenvalue weighted by atomic mass is 32.2. The van der Waals surface area contributed by atoms with Gasteiger partial charge in [-0.1, -0.05) is 30.3 Å². The van der Waals surface area contributed by atoms with Crippen LogP contribution in [0.1, 0.15) is 16.0 Å². The lowest BCUT2D eigenvalue weighted by Crippen LogP contribution is -2.24. The average molecular weight is 307 g/mol. The fraction of sp³-hybridized carbons (Fsp3) is 0.267. The van der Waals surface area contributed by atoms with E-state index in [2.05, 4.69) is 11.4 Å². The molecule has 0 unspecified atom stereocenters. The van der Waals surface area contributed by atoms with Crippen LogP contribution in [0, 0.1) is 0 Å². The Kier molecular flexibility index (Phi) is 6.11. The molecule has 2 aromatic rings. The molecule has 0 aliphatic carbocycles. The predicted molar refractivity (Wildman–Crippen MR) is 84.7 cm³/mol. The Morgan fingerprint density at radius 3 is 2.85 bits per heavy atom. The molecule has 1 aromatic heterocycles. The largest absolute Gasteiger partial charge is 0.392 e. The van der Waals surface area contributed by atoms with Crippen LogP contribution in [0.25, 0.3) is 0 Å². The number of carbonyl (C=O) groups is 1. The summed E-state index contributed by atoms with van der Waals surface area (Å²) in [6, 6.07) is 11.7. The zero-order chi connectivity index (χ0) is 14.2. The first kappa shape index (κ1) is 15.1. The molecule has 0 fully saturated rings. The van der Waals surface area contributed by atoms with Gasteiger partial charge in [-0.25, -0.2) is 0 Å². The molecule has 0 atom stereocenters. The van der Waals surface area contributed by atoms with Crippen LogP contribution in [-0.4, -0.2) is 16.8 Å². The molecule has 0 saturated carbocycles. The SMILES string of the molecule is O=C(CSCc1cccs1)NCc1cccc(CO)c1. The van der Waals surface area contributed by atoms with E-state index in [1.807, 2.05) is 35.7 Å². The van der Waals surface area contributed by atoms with Gasteiger partial charge in [0.25, 0.3) is 0 Å². The van der Waals surface area contributed by atoms with Crippen LogP contribution in [0.15, 0.2) is 41.8 Å². The molecule has 1 heterocycles. The van der Waals surface area contributed by atoms with Crippen molar-refractivity contribution in [1.29, 1.82) is 0 Å². The summed E-state index contributed by atoms with van der Waals surface area (Å²) in [4.78, 5) is 13.0. The van der Waals surface area contributed by atoms with Gasteiger partial charge < -0.3 is 10.4 Å². The number of carbonyl (C=O) groups excluding carboxylic acids is 1. The third-order valence-corrected chi connectivity index (χ3v) is 4.76. The first-order chi connectivity index (χ1) is 9.78. The Hall–Kier alpha value is -1.30. The molecule has 5 heteroatoms. The molecule has 106 valence electrons. The molecule has 2 N–H and O–H groups in total. The smallest absolute Gasteiger partial charge is 0.230 e. The molecule has 0 bridgehead atoms. The zero-order valence-electron chi connectivity index (χ0n) is 11.0. The van der Waals surface area contributed by atoms with Crippen LogP contribution in [0.4, 0.5) is 0 Å². The van der Waals surface area contributed by atoms with E-state index >= 15 is 0 Å². The number of aliphatic hydroxyl groups is 1. The molecular formula is C15H17NO2S2. The van der Waals surface area contributed by atoms with Crippen LogP contribution in [-0.2, 0) is 23.7 Å². The van der Waals surface area contributed by atoms with Gasteiger partial charge in [0.1, 0.15) is 0 Å². The number of thioether (sulfide) groups is 1. The summed E-state index contributed by atoms with van der Waals surface area (Å²) < 4.78 is 0. The fourth-order valence-electron chi connectivity index (χ4n) is 1.73. The second-order valence-electron chi connectivity index (χ2n) is 4.33. The van der Waals surface area contributed by atoms with E-state index in [-0.39, 0.29) is 12.5 Å². The minimum Gasteiger partial charge on any atom is -0.392 e. The Balaban J connectivity index is 1.69. The van der Waals surface area contributed by atoms with E-state index in [0.717, 1.165) is 16.9 Å². The molecule has 0 radical (unpaired) electrons. The van der Waals surface area contributed by atoms with Crippen molar-refractivity contribution in [2.24, 2.45) is 0 Å². The lowest BCUT2D eigenvalue weighted by Gasteiger charge is -2.06. The summed E-state index contributed by atoms with van der Waals surface area (Å²) in [5, 5.41) is 14.0. The number of hydrogen-bond acceptors (Lipinski definition) is 4. The second-order valence-corrected chi connectivity index (χ2v) is 6.34. The van der Waals surface area contributed by atoms with Gasteiger partial charge in [-0.05, 0) is 22.6 Å². The quantitative estimate of drug-likeness (QED) is 0.827. The second kappa shape index (κ2) is 8.09. The molecular weight excluding hydrogens is 290 g/mol. The number of nitrogens with one attached hydrogen (secondary N) is 1. The van der Waals surface area contributed by atoms with Crippen molar-refractivity contribution in [3.05, 3.63) is 57.8 Å². The van der Waals surface area contributed by atoms with Crippen molar-refractivity contribution in [2.45, 2.75) is 18.9 Å². The highest BCUT2D eigenvalue weighted by Gasteiger charge is 2.03. The van der Waals surface area contributed by atoms with Crippen molar-refractivity contribution < 1.29 is 9.90 Å². The van der Waals surface area contributed by atoms with E-state index < -0.39 is 0 Å². The third kappa shape index (κ3) is 5.00. The van der Waals surface area contributed by atoms with Crippen molar-refractivity contribution >= 4 is 29.0 Å². The van der Waals surface area contributed by atoms with Crippen LogP contribution in [0.2, 0.25) is 0 Å². The fourth-order valence-corrected chi connectivity index (χ4v) is 3.43.